The van der Waals surface area contributed by atoms with Gasteiger partial charge in [-0.05, 0) is 31.2 Å². The lowest BCUT2D eigenvalue weighted by molar-refractivity contribution is 0.101. The summed E-state index contributed by atoms with van der Waals surface area (Å²) in [6.07, 6.45) is 1.44. The topological polar surface area (TPSA) is 26.3 Å². The molecule has 1 heterocycles. The number of aryl methyl sites for hydroxylation is 1. The molecule has 19 heavy (non-hydrogen) atoms. The van der Waals surface area contributed by atoms with Gasteiger partial charge >= 0.3 is 0 Å². The first-order valence-corrected chi connectivity index (χ1v) is 5.94. The van der Waals surface area contributed by atoms with E-state index in [0.717, 1.165) is 5.56 Å². The van der Waals surface area contributed by atoms with Crippen LogP contribution < -0.4 is 4.74 Å². The van der Waals surface area contributed by atoms with Gasteiger partial charge in [0.1, 0.15) is 11.6 Å². The number of allylic oxidation sites excluding steroid dienone is 1. The highest BCUT2D eigenvalue weighted by atomic mass is 19.1. The Hall–Kier alpha value is -2.42. The minimum atomic E-state index is -0.376. The average molecular weight is 254 g/mol. The molecule has 0 aliphatic carbocycles. The summed E-state index contributed by atoms with van der Waals surface area (Å²) in [5.41, 5.74) is 1.86. The number of carbonyl (C=O) groups excluding carboxylic acids is 1. The lowest BCUT2D eigenvalue weighted by Crippen LogP contribution is -1.98. The molecule has 0 atom stereocenters. The molecule has 0 bridgehead atoms. The fraction of sp³-hybridized carbons (Fsp3) is 0.0625. The minimum absolute atomic E-state index is 0.158. The van der Waals surface area contributed by atoms with Crippen molar-refractivity contribution >= 4 is 11.9 Å². The van der Waals surface area contributed by atoms with E-state index in [-0.39, 0.29) is 17.4 Å². The maximum Gasteiger partial charge on any atom is 0.231 e. The van der Waals surface area contributed by atoms with E-state index in [4.69, 9.17) is 4.74 Å². The predicted octanol–water partition coefficient (Wildman–Crippen LogP) is 3.75. The molecule has 0 saturated carbocycles. The molecular formula is C16H11FO2. The highest BCUT2D eigenvalue weighted by Gasteiger charge is 2.27. The number of ether oxygens (including phenoxy) is 1. The lowest BCUT2D eigenvalue weighted by atomic mass is 10.1. The average Bonchev–Trinajstić information content (AvgIpc) is 2.70. The molecule has 2 aromatic rings. The molecule has 1 aliphatic rings. The van der Waals surface area contributed by atoms with Gasteiger partial charge in [-0.3, -0.25) is 4.79 Å². The van der Waals surface area contributed by atoms with Crippen molar-refractivity contribution in [2.24, 2.45) is 0 Å². The third-order valence-electron chi connectivity index (χ3n) is 3.02. The van der Waals surface area contributed by atoms with E-state index in [1.165, 1.54) is 12.1 Å². The predicted molar refractivity (Wildman–Crippen MR) is 70.5 cm³/mol. The van der Waals surface area contributed by atoms with Gasteiger partial charge in [-0.15, -0.1) is 0 Å². The van der Waals surface area contributed by atoms with Gasteiger partial charge in [0, 0.05) is 5.56 Å². The van der Waals surface area contributed by atoms with Crippen molar-refractivity contribution in [3.63, 3.8) is 0 Å². The Bertz CT molecular complexity index is 702. The van der Waals surface area contributed by atoms with Gasteiger partial charge in [0.2, 0.25) is 5.78 Å². The SMILES string of the molecule is Cc1ccc2c(c1)C(=O)/C(=C/c1ccccc1F)O2. The van der Waals surface area contributed by atoms with Crippen molar-refractivity contribution < 1.29 is 13.9 Å². The van der Waals surface area contributed by atoms with Crippen molar-refractivity contribution in [3.8, 4) is 5.75 Å². The minimum Gasteiger partial charge on any atom is -0.452 e. The number of Topliss-reactive ketones (excluding diaryl/α,β-unsaturated/α-hetero) is 1. The number of carbonyl (C=O) groups is 1. The summed E-state index contributed by atoms with van der Waals surface area (Å²) in [6.45, 7) is 1.91. The summed E-state index contributed by atoms with van der Waals surface area (Å²) >= 11 is 0. The second-order valence-electron chi connectivity index (χ2n) is 4.46. The molecule has 0 N–H and O–H groups in total. The largest absolute Gasteiger partial charge is 0.452 e. The molecule has 3 heteroatoms. The molecule has 1 aliphatic heterocycles. The number of ketones is 1. The maximum atomic E-state index is 13.6. The van der Waals surface area contributed by atoms with Crippen molar-refractivity contribution in [1.29, 1.82) is 0 Å². The van der Waals surface area contributed by atoms with Crippen LogP contribution in [0.2, 0.25) is 0 Å². The zero-order valence-electron chi connectivity index (χ0n) is 10.3. The summed E-state index contributed by atoms with van der Waals surface area (Å²) in [4.78, 5) is 12.1. The molecule has 0 fully saturated rings. The van der Waals surface area contributed by atoms with Crippen LogP contribution in [0.3, 0.4) is 0 Å². The van der Waals surface area contributed by atoms with Gasteiger partial charge in [0.05, 0.1) is 5.56 Å². The van der Waals surface area contributed by atoms with Crippen LogP contribution in [-0.4, -0.2) is 5.78 Å². The molecule has 94 valence electrons. The second kappa shape index (κ2) is 4.35. The fourth-order valence-electron chi connectivity index (χ4n) is 2.04. The van der Waals surface area contributed by atoms with Crippen LogP contribution >= 0.6 is 0 Å². The summed E-state index contributed by atoms with van der Waals surface area (Å²) in [5.74, 6) is 0.101. The lowest BCUT2D eigenvalue weighted by Gasteiger charge is -1.99. The first-order chi connectivity index (χ1) is 9.15. The zero-order valence-corrected chi connectivity index (χ0v) is 10.3. The van der Waals surface area contributed by atoms with E-state index in [1.807, 2.05) is 13.0 Å². The summed E-state index contributed by atoms with van der Waals surface area (Å²) in [5, 5.41) is 0. The Morgan fingerprint density at radius 3 is 2.74 bits per heavy atom. The van der Waals surface area contributed by atoms with Gasteiger partial charge in [-0.1, -0.05) is 29.8 Å². The van der Waals surface area contributed by atoms with Crippen LogP contribution in [0.1, 0.15) is 21.5 Å². The Morgan fingerprint density at radius 2 is 1.95 bits per heavy atom. The number of rotatable bonds is 1. The summed E-state index contributed by atoms with van der Waals surface area (Å²) in [7, 11) is 0. The van der Waals surface area contributed by atoms with E-state index in [2.05, 4.69) is 0 Å². The normalized spacial score (nSPS) is 15.5. The zero-order chi connectivity index (χ0) is 13.4. The number of halogens is 1. The summed E-state index contributed by atoms with van der Waals surface area (Å²) < 4.78 is 19.0. The molecule has 0 unspecified atom stereocenters. The quantitative estimate of drug-likeness (QED) is 0.724. The third-order valence-corrected chi connectivity index (χ3v) is 3.02. The van der Waals surface area contributed by atoms with Crippen LogP contribution in [0.4, 0.5) is 4.39 Å². The van der Waals surface area contributed by atoms with Crippen LogP contribution in [0.15, 0.2) is 48.2 Å². The molecule has 3 rings (SSSR count). The van der Waals surface area contributed by atoms with Crippen LogP contribution in [0, 0.1) is 12.7 Å². The first kappa shape index (κ1) is 11.7. The van der Waals surface area contributed by atoms with E-state index in [1.54, 1.807) is 30.3 Å². The van der Waals surface area contributed by atoms with Crippen molar-refractivity contribution in [2.45, 2.75) is 6.92 Å². The molecule has 0 radical (unpaired) electrons. The Morgan fingerprint density at radius 1 is 1.16 bits per heavy atom. The first-order valence-electron chi connectivity index (χ1n) is 5.94. The maximum absolute atomic E-state index is 13.6. The van der Waals surface area contributed by atoms with Crippen molar-refractivity contribution in [2.75, 3.05) is 0 Å². The Kier molecular flexibility index (Phi) is 2.67. The van der Waals surface area contributed by atoms with Crippen molar-refractivity contribution in [1.82, 2.24) is 0 Å². The summed E-state index contributed by atoms with van der Waals surface area (Å²) in [6, 6.07) is 11.7. The molecular weight excluding hydrogens is 243 g/mol. The van der Waals surface area contributed by atoms with Gasteiger partial charge in [0.25, 0.3) is 0 Å². The Balaban J connectivity index is 2.03. The Labute approximate surface area is 110 Å². The fourth-order valence-corrected chi connectivity index (χ4v) is 2.04. The van der Waals surface area contributed by atoms with Gasteiger partial charge < -0.3 is 4.74 Å². The standard InChI is InChI=1S/C16H11FO2/c1-10-6-7-14-12(8-10)16(18)15(19-14)9-11-4-2-3-5-13(11)17/h2-9H,1H3/b15-9-. The van der Waals surface area contributed by atoms with E-state index >= 15 is 0 Å². The van der Waals surface area contributed by atoms with Crippen LogP contribution in [0.5, 0.6) is 5.75 Å². The molecule has 0 spiro atoms. The second-order valence-corrected chi connectivity index (χ2v) is 4.46. The van der Waals surface area contributed by atoms with Crippen LogP contribution in [-0.2, 0) is 0 Å². The molecule has 0 saturated heterocycles. The monoisotopic (exact) mass is 254 g/mol. The van der Waals surface area contributed by atoms with Gasteiger partial charge in [-0.2, -0.15) is 0 Å². The molecule has 0 aromatic heterocycles. The smallest absolute Gasteiger partial charge is 0.231 e. The van der Waals surface area contributed by atoms with E-state index in [0.29, 0.717) is 16.9 Å². The third kappa shape index (κ3) is 2.03. The van der Waals surface area contributed by atoms with Gasteiger partial charge in [-0.25, -0.2) is 4.39 Å². The van der Waals surface area contributed by atoms with E-state index < -0.39 is 0 Å². The van der Waals surface area contributed by atoms with Crippen LogP contribution in [0.25, 0.3) is 6.08 Å². The highest BCUT2D eigenvalue weighted by molar-refractivity contribution is 6.14. The highest BCUT2D eigenvalue weighted by Crippen LogP contribution is 2.32. The number of hydrogen-bond donors (Lipinski definition) is 0. The number of fused-ring (bicyclic) bond motifs is 1. The van der Waals surface area contributed by atoms with Gasteiger partial charge in [0.15, 0.2) is 5.76 Å². The molecule has 0 amide bonds. The number of hydrogen-bond acceptors (Lipinski definition) is 2. The van der Waals surface area contributed by atoms with E-state index in [9.17, 15) is 9.18 Å². The number of benzene rings is 2. The molecule has 2 nitrogen and oxygen atoms in total. The van der Waals surface area contributed by atoms with Crippen molar-refractivity contribution in [3.05, 3.63) is 70.7 Å². The molecule has 2 aromatic carbocycles.